The summed E-state index contributed by atoms with van der Waals surface area (Å²) in [6, 6.07) is 13.3. The number of carbonyl (C=O) groups excluding carboxylic acids is 1. The van der Waals surface area contributed by atoms with E-state index in [1.165, 1.54) is 27.8 Å². The van der Waals surface area contributed by atoms with E-state index in [1.807, 2.05) is 18.2 Å². The van der Waals surface area contributed by atoms with Gasteiger partial charge < -0.3 is 10.6 Å². The summed E-state index contributed by atoms with van der Waals surface area (Å²) in [7, 11) is 0. The molecule has 4 aromatic rings. The van der Waals surface area contributed by atoms with Crippen LogP contribution >= 0.6 is 11.3 Å². The van der Waals surface area contributed by atoms with Crippen LogP contribution in [0.4, 0.5) is 10.8 Å². The summed E-state index contributed by atoms with van der Waals surface area (Å²) < 4.78 is 1.33. The number of rotatable bonds is 5. The first-order valence-electron chi connectivity index (χ1n) is 11.1. The molecular formula is C24H25N5O2S. The first-order valence-corrected chi connectivity index (χ1v) is 11.9. The molecule has 2 aromatic carbocycles. The van der Waals surface area contributed by atoms with E-state index in [-0.39, 0.29) is 17.5 Å². The number of nitrogens with zero attached hydrogens (tertiary/aromatic N) is 3. The molecule has 5 rings (SSSR count). The van der Waals surface area contributed by atoms with Gasteiger partial charge in [-0.2, -0.15) is 4.52 Å². The number of benzene rings is 2. The first-order chi connectivity index (χ1) is 15.6. The summed E-state index contributed by atoms with van der Waals surface area (Å²) in [5.41, 5.74) is 2.94. The lowest BCUT2D eigenvalue weighted by atomic mass is 9.95. The minimum absolute atomic E-state index is 0.108. The van der Waals surface area contributed by atoms with Crippen LogP contribution < -0.4 is 16.2 Å². The summed E-state index contributed by atoms with van der Waals surface area (Å²) in [5.74, 6) is -0.108. The monoisotopic (exact) mass is 447 g/mol. The van der Waals surface area contributed by atoms with E-state index in [4.69, 9.17) is 0 Å². The smallest absolute Gasteiger partial charge is 0.283 e. The van der Waals surface area contributed by atoms with Crippen LogP contribution in [-0.4, -0.2) is 26.5 Å². The number of hydrogen-bond donors (Lipinski definition) is 2. The molecule has 7 nitrogen and oxygen atoms in total. The normalized spacial score (nSPS) is 14.7. The molecule has 32 heavy (non-hydrogen) atoms. The van der Waals surface area contributed by atoms with Gasteiger partial charge in [-0.15, -0.1) is 5.10 Å². The van der Waals surface area contributed by atoms with Crippen molar-refractivity contribution in [1.82, 2.24) is 19.9 Å². The van der Waals surface area contributed by atoms with Crippen molar-refractivity contribution >= 4 is 43.9 Å². The van der Waals surface area contributed by atoms with Gasteiger partial charge in [-0.3, -0.25) is 9.59 Å². The Kier molecular flexibility index (Phi) is 5.61. The second-order valence-corrected chi connectivity index (χ2v) is 9.15. The number of amides is 1. The number of nitrogens with one attached hydrogen (secondary N) is 2. The molecule has 8 heteroatoms. The van der Waals surface area contributed by atoms with Crippen LogP contribution in [0, 0.1) is 0 Å². The quantitative estimate of drug-likeness (QED) is 0.464. The zero-order chi connectivity index (χ0) is 22.1. The van der Waals surface area contributed by atoms with Crippen LogP contribution in [0.25, 0.3) is 15.9 Å². The minimum atomic E-state index is -0.239. The number of hydrogen-bond acceptors (Lipinski definition) is 6. The van der Waals surface area contributed by atoms with E-state index in [0.29, 0.717) is 26.6 Å². The van der Waals surface area contributed by atoms with Crippen LogP contribution in [0.15, 0.2) is 47.3 Å². The number of para-hydroxylation sites is 1. The molecular weight excluding hydrogens is 422 g/mol. The van der Waals surface area contributed by atoms with Crippen LogP contribution in [0.5, 0.6) is 0 Å². The Morgan fingerprint density at radius 1 is 1.16 bits per heavy atom. The van der Waals surface area contributed by atoms with Gasteiger partial charge in [0.25, 0.3) is 11.5 Å². The van der Waals surface area contributed by atoms with E-state index in [1.54, 1.807) is 18.2 Å². The lowest BCUT2D eigenvalue weighted by molar-refractivity contribution is 0.0928. The van der Waals surface area contributed by atoms with E-state index in [9.17, 15) is 9.59 Å². The highest BCUT2D eigenvalue weighted by Gasteiger charge is 2.18. The van der Waals surface area contributed by atoms with Crippen molar-refractivity contribution in [3.05, 3.63) is 63.9 Å². The fraction of sp³-hybridized carbons (Fsp3) is 0.333. The lowest BCUT2D eigenvalue weighted by Gasteiger charge is -2.22. The third kappa shape index (κ3) is 3.98. The molecule has 2 heterocycles. The predicted octanol–water partition coefficient (Wildman–Crippen LogP) is 4.67. The Bertz CT molecular complexity index is 1350. The number of anilines is 2. The lowest BCUT2D eigenvalue weighted by Crippen LogP contribution is -2.36. The van der Waals surface area contributed by atoms with Gasteiger partial charge in [-0.05, 0) is 49.1 Å². The molecule has 0 spiro atoms. The Morgan fingerprint density at radius 3 is 2.78 bits per heavy atom. The summed E-state index contributed by atoms with van der Waals surface area (Å²) in [5, 5.41) is 11.9. The number of fused-ring (bicyclic) bond motifs is 2. The highest BCUT2D eigenvalue weighted by molar-refractivity contribution is 7.20. The van der Waals surface area contributed by atoms with Gasteiger partial charge in [0.2, 0.25) is 10.1 Å². The van der Waals surface area contributed by atoms with Crippen molar-refractivity contribution in [2.45, 2.75) is 51.5 Å². The number of aromatic nitrogens is 3. The van der Waals surface area contributed by atoms with E-state index < -0.39 is 0 Å². The molecule has 1 saturated carbocycles. The van der Waals surface area contributed by atoms with Crippen molar-refractivity contribution in [3.63, 3.8) is 0 Å². The van der Waals surface area contributed by atoms with Gasteiger partial charge in [-0.1, -0.05) is 55.7 Å². The summed E-state index contributed by atoms with van der Waals surface area (Å²) in [4.78, 5) is 30.9. The SMILES string of the molecule is CCc1ccccc1Nc1nn2c(=O)c3ccc(C(=O)NC4CCCCC4)cc3nc2s1. The van der Waals surface area contributed by atoms with Crippen molar-refractivity contribution < 1.29 is 4.79 Å². The fourth-order valence-corrected chi connectivity index (χ4v) is 5.09. The van der Waals surface area contributed by atoms with Gasteiger partial charge >= 0.3 is 0 Å². The highest BCUT2D eigenvalue weighted by atomic mass is 32.1. The molecule has 1 fully saturated rings. The zero-order valence-electron chi connectivity index (χ0n) is 17.9. The largest absolute Gasteiger partial charge is 0.349 e. The van der Waals surface area contributed by atoms with Crippen LogP contribution in [-0.2, 0) is 6.42 Å². The molecule has 0 atom stereocenters. The van der Waals surface area contributed by atoms with E-state index in [2.05, 4.69) is 33.7 Å². The maximum Gasteiger partial charge on any atom is 0.283 e. The maximum absolute atomic E-state index is 13.0. The minimum Gasteiger partial charge on any atom is -0.349 e. The Hall–Kier alpha value is -3.26. The molecule has 2 aromatic heterocycles. The van der Waals surface area contributed by atoms with Crippen molar-refractivity contribution in [1.29, 1.82) is 0 Å². The molecule has 0 saturated heterocycles. The van der Waals surface area contributed by atoms with Crippen molar-refractivity contribution in [2.75, 3.05) is 5.32 Å². The summed E-state index contributed by atoms with van der Waals surface area (Å²) >= 11 is 1.31. The molecule has 0 unspecified atom stereocenters. The summed E-state index contributed by atoms with van der Waals surface area (Å²) in [6.45, 7) is 2.10. The zero-order valence-corrected chi connectivity index (χ0v) is 18.7. The number of aryl methyl sites for hydroxylation is 1. The second-order valence-electron chi connectivity index (χ2n) is 8.19. The van der Waals surface area contributed by atoms with Crippen molar-refractivity contribution in [2.24, 2.45) is 0 Å². The average Bonchev–Trinajstić information content (AvgIpc) is 3.22. The molecule has 1 aliphatic rings. The number of carbonyl (C=O) groups is 1. The molecule has 1 aliphatic carbocycles. The molecule has 0 radical (unpaired) electrons. The van der Waals surface area contributed by atoms with Crippen LogP contribution in [0.1, 0.15) is 54.9 Å². The van der Waals surface area contributed by atoms with Gasteiger partial charge in [0.15, 0.2) is 0 Å². The van der Waals surface area contributed by atoms with Crippen LogP contribution in [0.2, 0.25) is 0 Å². The third-order valence-corrected chi connectivity index (χ3v) is 6.86. The average molecular weight is 448 g/mol. The first kappa shape index (κ1) is 20.6. The van der Waals surface area contributed by atoms with Gasteiger partial charge in [-0.25, -0.2) is 4.98 Å². The Morgan fingerprint density at radius 2 is 1.97 bits per heavy atom. The molecule has 2 N–H and O–H groups in total. The second kappa shape index (κ2) is 8.70. The predicted molar refractivity (Wildman–Crippen MR) is 128 cm³/mol. The third-order valence-electron chi connectivity index (χ3n) is 6.04. The maximum atomic E-state index is 13.0. The standard InChI is InChI=1S/C24H25N5O2S/c1-2-15-8-6-7-11-19(15)26-23-28-29-22(31)18-13-12-16(14-20(18)27-24(29)32-23)21(30)25-17-9-4-3-5-10-17/h6-8,11-14,17H,2-5,9-10H2,1H3,(H,25,30)(H,26,28). The van der Waals surface area contributed by atoms with Crippen molar-refractivity contribution in [3.8, 4) is 0 Å². The Balaban J connectivity index is 1.46. The topological polar surface area (TPSA) is 88.4 Å². The van der Waals surface area contributed by atoms with Gasteiger partial charge in [0.05, 0.1) is 10.9 Å². The van der Waals surface area contributed by atoms with Crippen LogP contribution in [0.3, 0.4) is 0 Å². The fourth-order valence-electron chi connectivity index (χ4n) is 4.28. The van der Waals surface area contributed by atoms with E-state index >= 15 is 0 Å². The molecule has 164 valence electrons. The highest BCUT2D eigenvalue weighted by Crippen LogP contribution is 2.25. The Labute approximate surface area is 189 Å². The molecule has 0 bridgehead atoms. The molecule has 0 aliphatic heterocycles. The van der Waals surface area contributed by atoms with Gasteiger partial charge in [0.1, 0.15) is 0 Å². The van der Waals surface area contributed by atoms with Gasteiger partial charge in [0, 0.05) is 17.3 Å². The summed E-state index contributed by atoms with van der Waals surface area (Å²) in [6.07, 6.45) is 6.49. The van der Waals surface area contributed by atoms with E-state index in [0.717, 1.165) is 37.8 Å². The molecule has 1 amide bonds.